The van der Waals surface area contributed by atoms with Gasteiger partial charge in [0.15, 0.2) is 11.6 Å². The summed E-state index contributed by atoms with van der Waals surface area (Å²) in [4.78, 5) is 24.2. The summed E-state index contributed by atoms with van der Waals surface area (Å²) < 4.78 is 44.2. The third kappa shape index (κ3) is 11.7. The third-order valence-electron chi connectivity index (χ3n) is 6.96. The van der Waals surface area contributed by atoms with Crippen LogP contribution < -0.4 is 9.47 Å². The monoisotopic (exact) mass is 616 g/mol. The Labute approximate surface area is 258 Å². The molecule has 0 aliphatic carbocycles. The predicted molar refractivity (Wildman–Crippen MR) is 158 cm³/mol. The molecule has 2 saturated heterocycles. The third-order valence-corrected chi connectivity index (χ3v) is 6.96. The number of aliphatic hydroxyl groups excluding tert-OH is 1. The molecule has 0 radical (unpaired) electrons. The van der Waals surface area contributed by atoms with Crippen molar-refractivity contribution in [3.8, 4) is 11.5 Å². The molecule has 11 nitrogen and oxygen atoms in total. The van der Waals surface area contributed by atoms with E-state index in [-0.39, 0.29) is 63.4 Å². The Bertz CT molecular complexity index is 1100. The first kappa shape index (κ1) is 33.7. The summed E-state index contributed by atoms with van der Waals surface area (Å²) in [6.45, 7) is 8.60. The number of hydrogen-bond donors (Lipinski definition) is 1. The molecule has 4 rings (SSSR count). The van der Waals surface area contributed by atoms with Crippen LogP contribution in [0.1, 0.15) is 51.7 Å². The first-order valence-electron chi connectivity index (χ1n) is 15.0. The SMILES string of the molecule is CC1(C)OC[C@@H](COC(=O)CCc2ccc(OCC(O)COc3ccc(CCC(=O)OC[C@@H]4COC(C)(C)O4)cc3)cc2)O1. The topological polar surface area (TPSA) is 128 Å². The maximum absolute atomic E-state index is 12.1. The average Bonchev–Trinajstić information content (AvgIpc) is 3.54. The second-order valence-corrected chi connectivity index (χ2v) is 11.8. The van der Waals surface area contributed by atoms with Crippen molar-refractivity contribution in [2.24, 2.45) is 0 Å². The number of rotatable bonds is 16. The fourth-order valence-electron chi connectivity index (χ4n) is 4.64. The van der Waals surface area contributed by atoms with Gasteiger partial charge < -0.3 is 43.0 Å². The van der Waals surface area contributed by atoms with Crippen LogP contribution in [-0.4, -0.2) is 86.6 Å². The molecule has 0 aromatic heterocycles. The van der Waals surface area contributed by atoms with Crippen molar-refractivity contribution in [2.45, 2.75) is 83.3 Å². The average molecular weight is 617 g/mol. The van der Waals surface area contributed by atoms with E-state index in [9.17, 15) is 14.7 Å². The molecule has 2 aromatic carbocycles. The van der Waals surface area contributed by atoms with E-state index in [2.05, 4.69) is 0 Å². The van der Waals surface area contributed by atoms with Gasteiger partial charge in [0, 0.05) is 12.8 Å². The van der Waals surface area contributed by atoms with Crippen LogP contribution in [0.5, 0.6) is 11.5 Å². The maximum atomic E-state index is 12.1. The van der Waals surface area contributed by atoms with Crippen LogP contribution in [0.15, 0.2) is 48.5 Å². The minimum Gasteiger partial charge on any atom is -0.491 e. The van der Waals surface area contributed by atoms with Crippen molar-refractivity contribution in [3.05, 3.63) is 59.7 Å². The van der Waals surface area contributed by atoms with Gasteiger partial charge in [-0.05, 0) is 75.9 Å². The number of aryl methyl sites for hydroxylation is 2. The standard InChI is InChI=1S/C33H44O11/c1-32(2)41-21-28(43-32)19-39-30(35)15-9-23-5-11-26(12-6-23)37-17-25(34)18-38-27-13-7-24(8-14-27)10-16-31(36)40-20-29-22-42-33(3,4)44-29/h5-8,11-14,25,28-29,34H,9-10,15-22H2,1-4H3/t28-,29-/m1/s1. The number of carbonyl (C=O) groups excluding carboxylic acids is 2. The zero-order valence-corrected chi connectivity index (χ0v) is 26.0. The molecule has 0 spiro atoms. The highest BCUT2D eigenvalue weighted by Gasteiger charge is 2.34. The van der Waals surface area contributed by atoms with Crippen LogP contribution in [0.4, 0.5) is 0 Å². The van der Waals surface area contributed by atoms with E-state index in [1.807, 2.05) is 52.0 Å². The van der Waals surface area contributed by atoms with E-state index in [4.69, 9.17) is 37.9 Å². The van der Waals surface area contributed by atoms with Gasteiger partial charge in [-0.3, -0.25) is 9.59 Å². The van der Waals surface area contributed by atoms with E-state index in [0.717, 1.165) is 11.1 Å². The van der Waals surface area contributed by atoms with Crippen molar-refractivity contribution in [1.29, 1.82) is 0 Å². The molecule has 0 amide bonds. The quantitative estimate of drug-likeness (QED) is 0.277. The van der Waals surface area contributed by atoms with Crippen LogP contribution in [0.3, 0.4) is 0 Å². The number of benzene rings is 2. The van der Waals surface area contributed by atoms with Crippen LogP contribution in [0, 0.1) is 0 Å². The van der Waals surface area contributed by atoms with Crippen molar-refractivity contribution in [2.75, 3.05) is 39.6 Å². The molecule has 44 heavy (non-hydrogen) atoms. The highest BCUT2D eigenvalue weighted by Crippen LogP contribution is 2.23. The summed E-state index contributed by atoms with van der Waals surface area (Å²) >= 11 is 0. The molecular formula is C33H44O11. The molecule has 1 N–H and O–H groups in total. The number of esters is 2. The van der Waals surface area contributed by atoms with Crippen molar-refractivity contribution in [3.63, 3.8) is 0 Å². The van der Waals surface area contributed by atoms with Crippen LogP contribution in [0.2, 0.25) is 0 Å². The Hall–Kier alpha value is -3.22. The summed E-state index contributed by atoms with van der Waals surface area (Å²) in [7, 11) is 0. The zero-order valence-electron chi connectivity index (χ0n) is 26.0. The molecule has 2 fully saturated rings. The minimum atomic E-state index is -0.835. The van der Waals surface area contributed by atoms with E-state index in [1.165, 1.54) is 0 Å². The Morgan fingerprint density at radius 2 is 1.11 bits per heavy atom. The molecule has 0 bridgehead atoms. The second kappa shape index (κ2) is 15.7. The smallest absolute Gasteiger partial charge is 0.306 e. The fourth-order valence-corrected chi connectivity index (χ4v) is 4.64. The Morgan fingerprint density at radius 1 is 0.727 bits per heavy atom. The summed E-state index contributed by atoms with van der Waals surface area (Å²) in [6, 6.07) is 14.7. The highest BCUT2D eigenvalue weighted by atomic mass is 16.8. The number of hydrogen-bond acceptors (Lipinski definition) is 11. The summed E-state index contributed by atoms with van der Waals surface area (Å²) in [6.07, 6.45) is 0.268. The van der Waals surface area contributed by atoms with E-state index in [1.54, 1.807) is 24.3 Å². The van der Waals surface area contributed by atoms with Gasteiger partial charge in [-0.2, -0.15) is 0 Å². The van der Waals surface area contributed by atoms with E-state index in [0.29, 0.717) is 37.6 Å². The van der Waals surface area contributed by atoms with Gasteiger partial charge >= 0.3 is 11.9 Å². The normalized spacial score (nSPS) is 20.4. The molecule has 2 atom stereocenters. The lowest BCUT2D eigenvalue weighted by Crippen LogP contribution is -2.25. The van der Waals surface area contributed by atoms with Gasteiger partial charge in [0.05, 0.1) is 13.2 Å². The van der Waals surface area contributed by atoms with Gasteiger partial charge in [-0.25, -0.2) is 0 Å². The van der Waals surface area contributed by atoms with Crippen LogP contribution in [0.25, 0.3) is 0 Å². The zero-order chi connectivity index (χ0) is 31.6. The number of aliphatic hydroxyl groups is 1. The van der Waals surface area contributed by atoms with Gasteiger partial charge in [0.2, 0.25) is 0 Å². The lowest BCUT2D eigenvalue weighted by molar-refractivity contribution is -0.158. The first-order valence-corrected chi connectivity index (χ1v) is 15.0. The second-order valence-electron chi connectivity index (χ2n) is 11.8. The number of ether oxygens (including phenoxy) is 8. The molecule has 2 aliphatic rings. The van der Waals surface area contributed by atoms with Crippen LogP contribution in [-0.2, 0) is 50.9 Å². The Balaban J connectivity index is 1.05. The first-order chi connectivity index (χ1) is 20.9. The molecular weight excluding hydrogens is 572 g/mol. The molecule has 0 unspecified atom stereocenters. The lowest BCUT2D eigenvalue weighted by Gasteiger charge is -2.17. The highest BCUT2D eigenvalue weighted by molar-refractivity contribution is 5.70. The lowest BCUT2D eigenvalue weighted by atomic mass is 10.1. The molecule has 2 aromatic rings. The fraction of sp³-hybridized carbons (Fsp3) is 0.576. The molecule has 2 aliphatic heterocycles. The minimum absolute atomic E-state index is 0.0607. The van der Waals surface area contributed by atoms with Crippen LogP contribution >= 0.6 is 0 Å². The summed E-state index contributed by atoms with van der Waals surface area (Å²) in [5.74, 6) is -0.653. The van der Waals surface area contributed by atoms with Crippen molar-refractivity contribution < 1.29 is 52.6 Å². The molecule has 242 valence electrons. The van der Waals surface area contributed by atoms with Crippen molar-refractivity contribution >= 4 is 11.9 Å². The van der Waals surface area contributed by atoms with Crippen molar-refractivity contribution in [1.82, 2.24) is 0 Å². The molecule has 0 saturated carbocycles. The van der Waals surface area contributed by atoms with E-state index >= 15 is 0 Å². The molecule has 11 heteroatoms. The van der Waals surface area contributed by atoms with Gasteiger partial charge in [0.1, 0.15) is 56.2 Å². The Kier molecular flexibility index (Phi) is 12.0. The van der Waals surface area contributed by atoms with Gasteiger partial charge in [-0.1, -0.05) is 24.3 Å². The van der Waals surface area contributed by atoms with E-state index < -0.39 is 17.7 Å². The summed E-state index contributed by atoms with van der Waals surface area (Å²) in [5.41, 5.74) is 1.94. The Morgan fingerprint density at radius 3 is 1.45 bits per heavy atom. The largest absolute Gasteiger partial charge is 0.491 e. The molecule has 2 heterocycles. The van der Waals surface area contributed by atoms with Gasteiger partial charge in [-0.15, -0.1) is 0 Å². The number of carbonyl (C=O) groups is 2. The van der Waals surface area contributed by atoms with Gasteiger partial charge in [0.25, 0.3) is 0 Å². The maximum Gasteiger partial charge on any atom is 0.306 e. The predicted octanol–water partition coefficient (Wildman–Crippen LogP) is 3.76. The summed E-state index contributed by atoms with van der Waals surface area (Å²) in [5, 5.41) is 10.3.